The topological polar surface area (TPSA) is 45.6 Å². The van der Waals surface area contributed by atoms with Gasteiger partial charge in [0.05, 0.1) is 5.56 Å². The molecule has 0 bridgehead atoms. The number of anilines is 2. The van der Waals surface area contributed by atoms with Crippen LogP contribution in [0.4, 0.5) is 24.5 Å². The van der Waals surface area contributed by atoms with E-state index in [1.807, 2.05) is 12.1 Å². The Kier molecular flexibility index (Phi) is 4.15. The Hall–Kier alpha value is -2.61. The molecule has 0 radical (unpaired) electrons. The Labute approximate surface area is 141 Å². The predicted octanol–water partition coefficient (Wildman–Crippen LogP) is 4.91. The van der Waals surface area contributed by atoms with E-state index in [0.29, 0.717) is 22.0 Å². The number of aromatic nitrogens is 3. The van der Waals surface area contributed by atoms with Crippen LogP contribution in [0.25, 0.3) is 11.4 Å². The van der Waals surface area contributed by atoms with Crippen LogP contribution in [0.2, 0.25) is 0 Å². The summed E-state index contributed by atoms with van der Waals surface area (Å²) < 4.78 is 40.7. The number of para-hydroxylation sites is 1. The maximum absolute atomic E-state index is 12.8. The van der Waals surface area contributed by atoms with E-state index >= 15 is 0 Å². The van der Waals surface area contributed by atoms with Crippen molar-refractivity contribution in [1.82, 2.24) is 14.8 Å². The SMILES string of the molecule is Cn1c(-c2ccccc2Nc2cccc(C(F)(F)F)c2)n[nH]c1=S. The zero-order valence-electron chi connectivity index (χ0n) is 12.6. The minimum atomic E-state index is -4.39. The van der Waals surface area contributed by atoms with Gasteiger partial charge in [-0.15, -0.1) is 0 Å². The molecule has 0 unspecified atom stereocenters. The number of halogens is 3. The van der Waals surface area contributed by atoms with Gasteiger partial charge >= 0.3 is 6.18 Å². The van der Waals surface area contributed by atoms with E-state index in [1.165, 1.54) is 6.07 Å². The summed E-state index contributed by atoms with van der Waals surface area (Å²) in [6, 6.07) is 12.3. The van der Waals surface area contributed by atoms with Gasteiger partial charge in [0.15, 0.2) is 10.6 Å². The summed E-state index contributed by atoms with van der Waals surface area (Å²) in [4.78, 5) is 0. The summed E-state index contributed by atoms with van der Waals surface area (Å²) in [6.45, 7) is 0. The second-order valence-electron chi connectivity index (χ2n) is 5.16. The van der Waals surface area contributed by atoms with E-state index in [1.54, 1.807) is 29.8 Å². The zero-order valence-corrected chi connectivity index (χ0v) is 13.4. The standard InChI is InChI=1S/C16H13F3N4S/c1-23-14(21-22-15(23)24)12-7-2-3-8-13(12)20-11-6-4-5-10(9-11)16(17,18)19/h2-9,20H,1H3,(H,22,24). The van der Waals surface area contributed by atoms with Gasteiger partial charge in [-0.05, 0) is 42.5 Å². The first-order chi connectivity index (χ1) is 11.4. The van der Waals surface area contributed by atoms with Crippen molar-refractivity contribution in [1.29, 1.82) is 0 Å². The number of nitrogens with zero attached hydrogens (tertiary/aromatic N) is 2. The Morgan fingerprint density at radius 3 is 2.54 bits per heavy atom. The van der Waals surface area contributed by atoms with Crippen LogP contribution in [0, 0.1) is 4.77 Å². The third kappa shape index (κ3) is 3.18. The van der Waals surface area contributed by atoms with Gasteiger partial charge < -0.3 is 9.88 Å². The second kappa shape index (κ2) is 6.12. The maximum atomic E-state index is 12.8. The van der Waals surface area contributed by atoms with E-state index in [9.17, 15) is 13.2 Å². The van der Waals surface area contributed by atoms with E-state index in [2.05, 4.69) is 15.5 Å². The van der Waals surface area contributed by atoms with Crippen LogP contribution in [0.5, 0.6) is 0 Å². The smallest absolute Gasteiger partial charge is 0.355 e. The van der Waals surface area contributed by atoms with Gasteiger partial charge in [-0.25, -0.2) is 0 Å². The van der Waals surface area contributed by atoms with Crippen molar-refractivity contribution in [2.24, 2.45) is 7.05 Å². The summed E-state index contributed by atoms with van der Waals surface area (Å²) in [5.74, 6) is 0.593. The third-order valence-electron chi connectivity index (χ3n) is 3.52. The molecule has 2 aromatic carbocycles. The predicted molar refractivity (Wildman–Crippen MR) is 88.6 cm³/mol. The molecule has 0 aliphatic heterocycles. The van der Waals surface area contributed by atoms with Gasteiger partial charge in [-0.2, -0.15) is 18.3 Å². The number of H-pyrrole nitrogens is 1. The molecule has 24 heavy (non-hydrogen) atoms. The minimum Gasteiger partial charge on any atom is -0.355 e. The molecule has 8 heteroatoms. The lowest BCUT2D eigenvalue weighted by atomic mass is 10.1. The van der Waals surface area contributed by atoms with Gasteiger partial charge in [0.1, 0.15) is 0 Å². The number of alkyl halides is 3. The molecule has 1 heterocycles. The molecule has 2 N–H and O–H groups in total. The number of rotatable bonds is 3. The highest BCUT2D eigenvalue weighted by atomic mass is 32.1. The molecule has 0 fully saturated rings. The normalized spacial score (nSPS) is 11.5. The Morgan fingerprint density at radius 2 is 1.88 bits per heavy atom. The molecule has 3 rings (SSSR count). The average molecular weight is 350 g/mol. The molecule has 0 amide bonds. The van der Waals surface area contributed by atoms with Crippen LogP contribution in [-0.2, 0) is 13.2 Å². The van der Waals surface area contributed by atoms with Crippen molar-refractivity contribution in [2.45, 2.75) is 6.18 Å². The first kappa shape index (κ1) is 16.3. The van der Waals surface area contributed by atoms with Crippen molar-refractivity contribution < 1.29 is 13.2 Å². The summed E-state index contributed by atoms with van der Waals surface area (Å²) in [5.41, 5.74) is 0.996. The number of hydrogen-bond donors (Lipinski definition) is 2. The molecular weight excluding hydrogens is 337 g/mol. The lowest BCUT2D eigenvalue weighted by molar-refractivity contribution is -0.137. The van der Waals surface area contributed by atoms with Crippen LogP contribution >= 0.6 is 12.2 Å². The van der Waals surface area contributed by atoms with Gasteiger partial charge in [-0.3, -0.25) is 5.10 Å². The molecule has 1 aromatic heterocycles. The largest absolute Gasteiger partial charge is 0.416 e. The van der Waals surface area contributed by atoms with Gasteiger partial charge in [0.25, 0.3) is 0 Å². The van der Waals surface area contributed by atoms with Crippen LogP contribution in [0.3, 0.4) is 0 Å². The number of aromatic amines is 1. The quantitative estimate of drug-likeness (QED) is 0.660. The molecule has 0 spiro atoms. The lowest BCUT2D eigenvalue weighted by Crippen LogP contribution is -2.05. The average Bonchev–Trinajstić information content (AvgIpc) is 2.87. The van der Waals surface area contributed by atoms with E-state index in [0.717, 1.165) is 17.7 Å². The minimum absolute atomic E-state index is 0.342. The van der Waals surface area contributed by atoms with E-state index in [4.69, 9.17) is 12.2 Å². The fourth-order valence-corrected chi connectivity index (χ4v) is 2.44. The molecule has 0 atom stereocenters. The molecule has 0 aliphatic carbocycles. The summed E-state index contributed by atoms with van der Waals surface area (Å²) in [5, 5.41) is 9.88. The van der Waals surface area contributed by atoms with Crippen LogP contribution in [0.1, 0.15) is 5.56 Å². The lowest BCUT2D eigenvalue weighted by Gasteiger charge is -2.13. The first-order valence-corrected chi connectivity index (χ1v) is 7.42. The highest BCUT2D eigenvalue weighted by Gasteiger charge is 2.30. The second-order valence-corrected chi connectivity index (χ2v) is 5.55. The van der Waals surface area contributed by atoms with E-state index < -0.39 is 11.7 Å². The summed E-state index contributed by atoms with van der Waals surface area (Å²) >= 11 is 5.10. The number of benzene rings is 2. The fraction of sp³-hybridized carbons (Fsp3) is 0.125. The van der Waals surface area contributed by atoms with Crippen molar-refractivity contribution in [2.75, 3.05) is 5.32 Å². The Bertz CT molecular complexity index is 927. The molecular formula is C16H13F3N4S. The molecule has 124 valence electrons. The van der Waals surface area contributed by atoms with Crippen molar-refractivity contribution in [3.63, 3.8) is 0 Å². The van der Waals surface area contributed by atoms with Gasteiger partial charge in [-0.1, -0.05) is 18.2 Å². The summed E-state index contributed by atoms with van der Waals surface area (Å²) in [7, 11) is 1.77. The van der Waals surface area contributed by atoms with Crippen molar-refractivity contribution in [3.05, 3.63) is 58.9 Å². The number of hydrogen-bond acceptors (Lipinski definition) is 3. The van der Waals surface area contributed by atoms with Crippen LogP contribution < -0.4 is 5.32 Å². The van der Waals surface area contributed by atoms with Crippen molar-refractivity contribution >= 4 is 23.6 Å². The third-order valence-corrected chi connectivity index (χ3v) is 3.88. The highest BCUT2D eigenvalue weighted by Crippen LogP contribution is 2.33. The van der Waals surface area contributed by atoms with E-state index in [-0.39, 0.29) is 0 Å². The number of nitrogens with one attached hydrogen (secondary N) is 2. The molecule has 0 aliphatic rings. The van der Waals surface area contributed by atoms with Crippen LogP contribution in [-0.4, -0.2) is 14.8 Å². The van der Waals surface area contributed by atoms with Gasteiger partial charge in [0, 0.05) is 24.0 Å². The van der Waals surface area contributed by atoms with Gasteiger partial charge in [0.2, 0.25) is 0 Å². The molecule has 4 nitrogen and oxygen atoms in total. The molecule has 3 aromatic rings. The summed E-state index contributed by atoms with van der Waals surface area (Å²) in [6.07, 6.45) is -4.39. The maximum Gasteiger partial charge on any atom is 0.416 e. The molecule has 0 saturated heterocycles. The molecule has 0 saturated carbocycles. The first-order valence-electron chi connectivity index (χ1n) is 7.01. The van der Waals surface area contributed by atoms with Crippen LogP contribution in [0.15, 0.2) is 48.5 Å². The fourth-order valence-electron chi connectivity index (χ4n) is 2.30. The monoisotopic (exact) mass is 350 g/mol. The highest BCUT2D eigenvalue weighted by molar-refractivity contribution is 7.71. The Morgan fingerprint density at radius 1 is 1.12 bits per heavy atom. The van der Waals surface area contributed by atoms with Crippen molar-refractivity contribution in [3.8, 4) is 11.4 Å². The Balaban J connectivity index is 2.00. The zero-order chi connectivity index (χ0) is 17.3.